The number of rotatable bonds is 4. The number of carbonyl (C=O) groups is 1. The summed E-state index contributed by atoms with van der Waals surface area (Å²) in [7, 11) is 0. The third-order valence-electron chi connectivity index (χ3n) is 5.88. The van der Waals surface area contributed by atoms with Crippen LogP contribution >= 0.6 is 0 Å². The lowest BCUT2D eigenvalue weighted by molar-refractivity contribution is -0.144. The highest BCUT2D eigenvalue weighted by Crippen LogP contribution is 2.32. The summed E-state index contributed by atoms with van der Waals surface area (Å²) in [5.74, 6) is 0.0636. The molecular formula is C23H28N2O2. The van der Waals surface area contributed by atoms with Gasteiger partial charge in [0.15, 0.2) is 0 Å². The maximum atomic E-state index is 12.4. The summed E-state index contributed by atoms with van der Waals surface area (Å²) in [6, 6.07) is 18.7. The fourth-order valence-corrected chi connectivity index (χ4v) is 4.20. The second-order valence-corrected chi connectivity index (χ2v) is 7.87. The first-order valence-electron chi connectivity index (χ1n) is 9.91. The third-order valence-corrected chi connectivity index (χ3v) is 5.88. The van der Waals surface area contributed by atoms with Crippen molar-refractivity contribution in [2.24, 2.45) is 0 Å². The second kappa shape index (κ2) is 7.83. The molecule has 2 aliphatic heterocycles. The number of nitrogens with zero attached hydrogens (tertiary/aromatic N) is 2. The molecule has 0 atom stereocenters. The molecule has 0 radical (unpaired) electrons. The molecule has 0 bridgehead atoms. The summed E-state index contributed by atoms with van der Waals surface area (Å²) in [5, 5.41) is 0. The molecule has 2 saturated heterocycles. The van der Waals surface area contributed by atoms with Crippen LogP contribution in [0.2, 0.25) is 0 Å². The van der Waals surface area contributed by atoms with Gasteiger partial charge < -0.3 is 14.5 Å². The average Bonchev–Trinajstić information content (AvgIpc) is 2.70. The maximum Gasteiger partial charge on any atom is 0.253 e. The van der Waals surface area contributed by atoms with Gasteiger partial charge in [0.25, 0.3) is 5.91 Å². The zero-order valence-corrected chi connectivity index (χ0v) is 16.1. The van der Waals surface area contributed by atoms with Crippen molar-refractivity contribution in [1.29, 1.82) is 0 Å². The number of anilines is 1. The van der Waals surface area contributed by atoms with Gasteiger partial charge in [0, 0.05) is 25.3 Å². The predicted octanol–water partition coefficient (Wildman–Crippen LogP) is 3.44. The van der Waals surface area contributed by atoms with Crippen molar-refractivity contribution in [2.75, 3.05) is 37.7 Å². The minimum atomic E-state index is -0.191. The van der Waals surface area contributed by atoms with Crippen molar-refractivity contribution in [2.45, 2.75) is 31.8 Å². The molecule has 2 fully saturated rings. The Morgan fingerprint density at radius 2 is 1.81 bits per heavy atom. The highest BCUT2D eigenvalue weighted by molar-refractivity contribution is 5.95. The minimum Gasteiger partial charge on any atom is -0.363 e. The third kappa shape index (κ3) is 4.23. The number of piperidine rings is 1. The average molecular weight is 364 g/mol. The van der Waals surface area contributed by atoms with Crippen LogP contribution in [-0.2, 0) is 16.0 Å². The Hall–Kier alpha value is -2.17. The summed E-state index contributed by atoms with van der Waals surface area (Å²) in [6.07, 6.45) is 3.05. The smallest absolute Gasteiger partial charge is 0.253 e. The molecule has 0 saturated carbocycles. The first kappa shape index (κ1) is 18.2. The van der Waals surface area contributed by atoms with E-state index in [1.807, 2.05) is 35.2 Å². The number of ether oxygens (including phenoxy) is 1. The van der Waals surface area contributed by atoms with E-state index in [9.17, 15) is 4.79 Å². The SMILES string of the molecule is Cc1cccc(CCN2CCC3(CC2)CN(c2ccccc2)C(=O)CO3)c1. The molecular weight excluding hydrogens is 336 g/mol. The first-order valence-corrected chi connectivity index (χ1v) is 9.91. The van der Waals surface area contributed by atoms with E-state index in [0.29, 0.717) is 6.54 Å². The molecule has 1 amide bonds. The first-order chi connectivity index (χ1) is 13.1. The molecule has 2 heterocycles. The molecule has 4 heteroatoms. The number of carbonyl (C=O) groups excluding carboxylic acids is 1. The minimum absolute atomic E-state index is 0.0636. The Balaban J connectivity index is 1.34. The second-order valence-electron chi connectivity index (χ2n) is 7.87. The zero-order chi connectivity index (χ0) is 18.7. The van der Waals surface area contributed by atoms with Crippen molar-refractivity contribution < 1.29 is 9.53 Å². The Bertz CT molecular complexity index is 782. The summed E-state index contributed by atoms with van der Waals surface area (Å²) < 4.78 is 6.08. The molecule has 2 aliphatic rings. The van der Waals surface area contributed by atoms with Crippen LogP contribution in [0.3, 0.4) is 0 Å². The van der Waals surface area contributed by atoms with Crippen LogP contribution in [0.1, 0.15) is 24.0 Å². The lowest BCUT2D eigenvalue weighted by atomic mass is 9.89. The van der Waals surface area contributed by atoms with Gasteiger partial charge in [-0.15, -0.1) is 0 Å². The fourth-order valence-electron chi connectivity index (χ4n) is 4.20. The van der Waals surface area contributed by atoms with Gasteiger partial charge >= 0.3 is 0 Å². The highest BCUT2D eigenvalue weighted by Gasteiger charge is 2.42. The van der Waals surface area contributed by atoms with E-state index in [4.69, 9.17) is 4.74 Å². The topological polar surface area (TPSA) is 32.8 Å². The number of morpholine rings is 1. The molecule has 142 valence electrons. The monoisotopic (exact) mass is 364 g/mol. The molecule has 4 rings (SSSR count). The van der Waals surface area contributed by atoms with E-state index < -0.39 is 0 Å². The van der Waals surface area contributed by atoms with Gasteiger partial charge in [0.2, 0.25) is 0 Å². The van der Waals surface area contributed by atoms with Crippen LogP contribution in [0.15, 0.2) is 54.6 Å². The zero-order valence-electron chi connectivity index (χ0n) is 16.1. The number of hydrogen-bond donors (Lipinski definition) is 0. The van der Waals surface area contributed by atoms with Crippen LogP contribution in [-0.4, -0.2) is 49.2 Å². The molecule has 0 unspecified atom stereocenters. The number of likely N-dealkylation sites (tertiary alicyclic amines) is 1. The summed E-state index contributed by atoms with van der Waals surface area (Å²) in [6.45, 7) is 6.15. The standard InChI is InChI=1S/C23H28N2O2/c1-19-6-5-7-20(16-19)10-13-24-14-11-23(12-15-24)18-25(22(26)17-27-23)21-8-3-2-4-9-21/h2-9,16H,10-15,17-18H2,1H3. The molecule has 2 aromatic carbocycles. The van der Waals surface area contributed by atoms with E-state index in [-0.39, 0.29) is 18.1 Å². The van der Waals surface area contributed by atoms with E-state index >= 15 is 0 Å². The molecule has 1 spiro atoms. The molecule has 0 N–H and O–H groups in total. The van der Waals surface area contributed by atoms with Gasteiger partial charge in [-0.1, -0.05) is 48.0 Å². The molecule has 0 aromatic heterocycles. The Morgan fingerprint density at radius 1 is 1.04 bits per heavy atom. The molecule has 0 aliphatic carbocycles. The molecule has 2 aromatic rings. The lowest BCUT2D eigenvalue weighted by Gasteiger charge is -2.47. The van der Waals surface area contributed by atoms with Crippen LogP contribution in [0.25, 0.3) is 0 Å². The van der Waals surface area contributed by atoms with Gasteiger partial charge in [-0.2, -0.15) is 0 Å². The summed E-state index contributed by atoms with van der Waals surface area (Å²) >= 11 is 0. The summed E-state index contributed by atoms with van der Waals surface area (Å²) in [5.41, 5.74) is 3.52. The number of amides is 1. The van der Waals surface area contributed by atoms with Crippen LogP contribution in [0.4, 0.5) is 5.69 Å². The molecule has 27 heavy (non-hydrogen) atoms. The predicted molar refractivity (Wildman–Crippen MR) is 108 cm³/mol. The Labute approximate surface area is 161 Å². The van der Waals surface area contributed by atoms with Crippen molar-refractivity contribution in [3.05, 3.63) is 65.7 Å². The largest absolute Gasteiger partial charge is 0.363 e. The van der Waals surface area contributed by atoms with E-state index in [1.165, 1.54) is 11.1 Å². The number of para-hydroxylation sites is 1. The lowest BCUT2D eigenvalue weighted by Crippen LogP contribution is -2.59. The van der Waals surface area contributed by atoms with E-state index in [1.54, 1.807) is 0 Å². The maximum absolute atomic E-state index is 12.4. The van der Waals surface area contributed by atoms with Gasteiger partial charge in [-0.05, 0) is 43.9 Å². The Morgan fingerprint density at radius 3 is 2.56 bits per heavy atom. The van der Waals surface area contributed by atoms with Gasteiger partial charge in [0.05, 0.1) is 12.1 Å². The van der Waals surface area contributed by atoms with Crippen molar-refractivity contribution in [3.63, 3.8) is 0 Å². The van der Waals surface area contributed by atoms with Crippen molar-refractivity contribution in [1.82, 2.24) is 4.90 Å². The van der Waals surface area contributed by atoms with Crippen LogP contribution in [0.5, 0.6) is 0 Å². The number of aryl methyl sites for hydroxylation is 1. The Kier molecular flexibility index (Phi) is 5.28. The van der Waals surface area contributed by atoms with Crippen molar-refractivity contribution >= 4 is 11.6 Å². The number of benzene rings is 2. The summed E-state index contributed by atoms with van der Waals surface area (Å²) in [4.78, 5) is 16.8. The van der Waals surface area contributed by atoms with Gasteiger partial charge in [-0.25, -0.2) is 0 Å². The van der Waals surface area contributed by atoms with E-state index in [2.05, 4.69) is 36.1 Å². The van der Waals surface area contributed by atoms with E-state index in [0.717, 1.165) is 44.6 Å². The molecule has 4 nitrogen and oxygen atoms in total. The normalized spacial score (nSPS) is 20.2. The van der Waals surface area contributed by atoms with Gasteiger partial charge in [-0.3, -0.25) is 4.79 Å². The fraction of sp³-hybridized carbons (Fsp3) is 0.435. The van der Waals surface area contributed by atoms with Gasteiger partial charge in [0.1, 0.15) is 6.61 Å². The quantitative estimate of drug-likeness (QED) is 0.833. The van der Waals surface area contributed by atoms with Crippen LogP contribution < -0.4 is 4.90 Å². The van der Waals surface area contributed by atoms with Crippen molar-refractivity contribution in [3.8, 4) is 0 Å². The number of hydrogen-bond acceptors (Lipinski definition) is 3. The highest BCUT2D eigenvalue weighted by atomic mass is 16.5. The van der Waals surface area contributed by atoms with Crippen LogP contribution in [0, 0.1) is 6.92 Å².